The normalized spacial score (nSPS) is 22.8. The summed E-state index contributed by atoms with van der Waals surface area (Å²) in [7, 11) is 0. The fourth-order valence-electron chi connectivity index (χ4n) is 2.68. The third kappa shape index (κ3) is 2.71. The van der Waals surface area contributed by atoms with Gasteiger partial charge < -0.3 is 10.4 Å². The number of fused-ring (bicyclic) bond motifs is 1. The zero-order valence-electron chi connectivity index (χ0n) is 10.8. The molecule has 2 aromatic rings. The molecule has 0 saturated heterocycles. The summed E-state index contributed by atoms with van der Waals surface area (Å²) in [6, 6.07) is 3.91. The van der Waals surface area contributed by atoms with Gasteiger partial charge in [-0.15, -0.1) is 22.7 Å². The molecule has 20 heavy (non-hydrogen) atoms. The van der Waals surface area contributed by atoms with Gasteiger partial charge in [-0.3, -0.25) is 9.59 Å². The summed E-state index contributed by atoms with van der Waals surface area (Å²) in [6.07, 6.45) is 2.99. The Kier molecular flexibility index (Phi) is 3.76. The molecule has 1 saturated carbocycles. The number of carboxylic acid groups (broad SMARTS) is 1. The van der Waals surface area contributed by atoms with Crippen LogP contribution >= 0.6 is 22.7 Å². The summed E-state index contributed by atoms with van der Waals surface area (Å²) < 4.78 is 2.26. The zero-order valence-corrected chi connectivity index (χ0v) is 12.4. The van der Waals surface area contributed by atoms with Crippen molar-refractivity contribution in [3.05, 3.63) is 22.4 Å². The van der Waals surface area contributed by atoms with E-state index in [0.29, 0.717) is 11.3 Å². The summed E-state index contributed by atoms with van der Waals surface area (Å²) in [5.74, 6) is -1.14. The molecule has 6 heteroatoms. The maximum absolute atomic E-state index is 12.2. The van der Waals surface area contributed by atoms with Crippen LogP contribution in [0.2, 0.25) is 0 Å². The maximum atomic E-state index is 12.2. The number of nitrogens with one attached hydrogen (secondary N) is 1. The van der Waals surface area contributed by atoms with Crippen molar-refractivity contribution in [2.45, 2.75) is 31.7 Å². The highest BCUT2D eigenvalue weighted by Gasteiger charge is 2.28. The van der Waals surface area contributed by atoms with Crippen LogP contribution in [-0.2, 0) is 4.79 Å². The highest BCUT2D eigenvalue weighted by atomic mass is 32.1. The molecular weight excluding hydrogens is 294 g/mol. The van der Waals surface area contributed by atoms with Gasteiger partial charge in [-0.1, -0.05) is 6.42 Å². The lowest BCUT2D eigenvalue weighted by Crippen LogP contribution is -2.39. The van der Waals surface area contributed by atoms with E-state index in [1.54, 1.807) is 11.3 Å². The molecule has 1 amide bonds. The van der Waals surface area contributed by atoms with E-state index < -0.39 is 5.97 Å². The van der Waals surface area contributed by atoms with Gasteiger partial charge in [-0.25, -0.2) is 0 Å². The standard InChI is InChI=1S/C14H15NO3S2/c16-13(12-7-11-10(20-12)4-5-19-11)15-9-3-1-2-8(6-9)14(17)18/h4-5,7-9H,1-3,6H2,(H,15,16)(H,17,18). The molecule has 2 N–H and O–H groups in total. The van der Waals surface area contributed by atoms with Crippen LogP contribution in [0.15, 0.2) is 17.5 Å². The van der Waals surface area contributed by atoms with E-state index in [-0.39, 0.29) is 17.9 Å². The van der Waals surface area contributed by atoms with Crippen LogP contribution in [0, 0.1) is 5.92 Å². The number of thiophene rings is 2. The molecule has 2 aromatic heterocycles. The van der Waals surface area contributed by atoms with Gasteiger partial charge in [0.1, 0.15) is 0 Å². The minimum Gasteiger partial charge on any atom is -0.481 e. The molecule has 3 rings (SSSR count). The second kappa shape index (κ2) is 5.54. The van der Waals surface area contributed by atoms with Crippen LogP contribution in [0.1, 0.15) is 35.4 Å². The minimum absolute atomic E-state index is 0.0162. The molecule has 106 valence electrons. The van der Waals surface area contributed by atoms with E-state index in [1.807, 2.05) is 17.5 Å². The largest absolute Gasteiger partial charge is 0.481 e. The Bertz CT molecular complexity index is 617. The Balaban J connectivity index is 1.66. The van der Waals surface area contributed by atoms with Crippen LogP contribution in [0.4, 0.5) is 0 Å². The molecule has 0 bridgehead atoms. The summed E-state index contributed by atoms with van der Waals surface area (Å²) in [5, 5.41) is 14.1. The number of hydrogen-bond acceptors (Lipinski definition) is 4. The first-order valence-electron chi connectivity index (χ1n) is 6.64. The second-order valence-corrected chi connectivity index (χ2v) is 7.16. The van der Waals surface area contributed by atoms with Crippen molar-refractivity contribution in [1.82, 2.24) is 5.32 Å². The molecule has 1 aliphatic rings. The SMILES string of the molecule is O=C(NC1CCCC(C(=O)O)C1)c1cc2sccc2s1. The van der Waals surface area contributed by atoms with Crippen molar-refractivity contribution in [3.8, 4) is 0 Å². The Morgan fingerprint density at radius 3 is 2.90 bits per heavy atom. The van der Waals surface area contributed by atoms with E-state index >= 15 is 0 Å². The molecule has 1 aliphatic carbocycles. The third-order valence-electron chi connectivity index (χ3n) is 3.72. The topological polar surface area (TPSA) is 66.4 Å². The quantitative estimate of drug-likeness (QED) is 0.914. The molecule has 0 radical (unpaired) electrons. The zero-order chi connectivity index (χ0) is 14.1. The number of rotatable bonds is 3. The van der Waals surface area contributed by atoms with Crippen LogP contribution in [0.3, 0.4) is 0 Å². The van der Waals surface area contributed by atoms with Crippen molar-refractivity contribution in [2.24, 2.45) is 5.92 Å². The smallest absolute Gasteiger partial charge is 0.306 e. The van der Waals surface area contributed by atoms with E-state index in [2.05, 4.69) is 5.32 Å². The van der Waals surface area contributed by atoms with E-state index in [4.69, 9.17) is 5.11 Å². The Morgan fingerprint density at radius 1 is 1.30 bits per heavy atom. The lowest BCUT2D eigenvalue weighted by molar-refractivity contribution is -0.143. The van der Waals surface area contributed by atoms with E-state index in [0.717, 1.165) is 28.7 Å². The van der Waals surface area contributed by atoms with Crippen LogP contribution < -0.4 is 5.32 Å². The van der Waals surface area contributed by atoms with Crippen molar-refractivity contribution in [1.29, 1.82) is 0 Å². The Morgan fingerprint density at radius 2 is 2.15 bits per heavy atom. The van der Waals surface area contributed by atoms with E-state index in [9.17, 15) is 9.59 Å². The predicted molar refractivity (Wildman–Crippen MR) is 80.6 cm³/mol. The van der Waals surface area contributed by atoms with Crippen molar-refractivity contribution in [3.63, 3.8) is 0 Å². The Labute approximate surface area is 124 Å². The van der Waals surface area contributed by atoms with Gasteiger partial charge in [-0.2, -0.15) is 0 Å². The van der Waals surface area contributed by atoms with Gasteiger partial charge in [-0.05, 0) is 36.8 Å². The number of carbonyl (C=O) groups is 2. The summed E-state index contributed by atoms with van der Waals surface area (Å²) in [6.45, 7) is 0. The van der Waals surface area contributed by atoms with Crippen molar-refractivity contribution in [2.75, 3.05) is 0 Å². The molecule has 2 heterocycles. The van der Waals surface area contributed by atoms with Gasteiger partial charge in [0, 0.05) is 15.4 Å². The number of carbonyl (C=O) groups excluding carboxylic acids is 1. The second-order valence-electron chi connectivity index (χ2n) is 5.13. The van der Waals surface area contributed by atoms with Gasteiger partial charge in [0.05, 0.1) is 10.8 Å². The van der Waals surface area contributed by atoms with E-state index in [1.165, 1.54) is 11.3 Å². The first-order valence-corrected chi connectivity index (χ1v) is 8.34. The van der Waals surface area contributed by atoms with Gasteiger partial charge in [0.2, 0.25) is 0 Å². The maximum Gasteiger partial charge on any atom is 0.306 e. The van der Waals surface area contributed by atoms with Crippen LogP contribution in [-0.4, -0.2) is 23.0 Å². The number of aliphatic carboxylic acids is 1. The minimum atomic E-state index is -0.749. The van der Waals surface area contributed by atoms with Crippen molar-refractivity contribution >= 4 is 43.9 Å². The summed E-state index contributed by atoms with van der Waals surface area (Å²) >= 11 is 3.12. The Hall–Kier alpha value is -1.40. The molecule has 2 atom stereocenters. The molecule has 4 nitrogen and oxygen atoms in total. The summed E-state index contributed by atoms with van der Waals surface area (Å²) in [4.78, 5) is 24.0. The first kappa shape index (κ1) is 13.6. The third-order valence-corrected chi connectivity index (χ3v) is 5.81. The van der Waals surface area contributed by atoms with Gasteiger partial charge in [0.15, 0.2) is 0 Å². The van der Waals surface area contributed by atoms with Crippen LogP contribution in [0.25, 0.3) is 9.40 Å². The molecule has 0 spiro atoms. The average Bonchev–Trinajstić information content (AvgIpc) is 2.99. The molecule has 1 fully saturated rings. The predicted octanol–water partition coefficient (Wildman–Crippen LogP) is 3.34. The number of amides is 1. The molecule has 0 aromatic carbocycles. The fraction of sp³-hybridized carbons (Fsp3) is 0.429. The molecule has 2 unspecified atom stereocenters. The monoisotopic (exact) mass is 309 g/mol. The van der Waals surface area contributed by atoms with Crippen LogP contribution in [0.5, 0.6) is 0 Å². The highest BCUT2D eigenvalue weighted by Crippen LogP contribution is 2.30. The molecular formula is C14H15NO3S2. The fourth-order valence-corrected chi connectivity index (χ4v) is 4.69. The van der Waals surface area contributed by atoms with Gasteiger partial charge in [0.25, 0.3) is 5.91 Å². The summed E-state index contributed by atoms with van der Waals surface area (Å²) in [5.41, 5.74) is 0. The molecule has 0 aliphatic heterocycles. The first-order chi connectivity index (χ1) is 9.63. The average molecular weight is 309 g/mol. The lowest BCUT2D eigenvalue weighted by Gasteiger charge is -2.27. The number of hydrogen-bond donors (Lipinski definition) is 2. The van der Waals surface area contributed by atoms with Gasteiger partial charge >= 0.3 is 5.97 Å². The lowest BCUT2D eigenvalue weighted by atomic mass is 9.86. The highest BCUT2D eigenvalue weighted by molar-refractivity contribution is 7.27. The van der Waals surface area contributed by atoms with Crippen molar-refractivity contribution < 1.29 is 14.7 Å². The number of carboxylic acids is 1.